The highest BCUT2D eigenvalue weighted by Crippen LogP contribution is 2.35. The maximum absolute atomic E-state index is 13.5. The molecule has 2 amide bonds. The first-order valence-electron chi connectivity index (χ1n) is 31.6. The molecule has 12 rings (SSSR count). The highest BCUT2D eigenvalue weighted by atomic mass is 79.9. The van der Waals surface area contributed by atoms with E-state index < -0.39 is 29.6 Å². The molecule has 30 heteroatoms. The number of amides is 2. The van der Waals surface area contributed by atoms with Crippen molar-refractivity contribution in [2.45, 2.75) is 65.5 Å². The first-order valence-corrected chi connectivity index (χ1v) is 32.4. The number of nitrogens with one attached hydrogen (secondary N) is 1. The van der Waals surface area contributed by atoms with Crippen LogP contribution in [0.25, 0.3) is 28.3 Å². The van der Waals surface area contributed by atoms with Crippen LogP contribution in [0.15, 0.2) is 126 Å². The van der Waals surface area contributed by atoms with Gasteiger partial charge in [0.1, 0.15) is 17.2 Å². The average Bonchev–Trinajstić information content (AvgIpc) is 1.67. The molecule has 2 saturated heterocycles. The van der Waals surface area contributed by atoms with Crippen molar-refractivity contribution in [3.63, 3.8) is 0 Å². The van der Waals surface area contributed by atoms with Gasteiger partial charge >= 0.3 is 17.9 Å². The minimum Gasteiger partial charge on any atom is -0.461 e. The summed E-state index contributed by atoms with van der Waals surface area (Å²) in [5, 5.41) is 38.3. The Labute approximate surface area is 582 Å². The number of aromatic nitrogens is 8. The fourth-order valence-electron chi connectivity index (χ4n) is 10.8. The normalized spacial score (nSPS) is 14.3. The summed E-state index contributed by atoms with van der Waals surface area (Å²) in [6.07, 6.45) is 3.51. The number of ether oxygens (including phenoxy) is 6. The second kappa shape index (κ2) is 33.6. The van der Waals surface area contributed by atoms with Gasteiger partial charge in [0.15, 0.2) is 27.4 Å². The Bertz CT molecular complexity index is 4560. The number of halogens is 2. The fraction of sp³-hybridized carbons (Fsp3) is 0.271. The Morgan fingerprint density at radius 3 is 1.48 bits per heavy atom. The van der Waals surface area contributed by atoms with Crippen molar-refractivity contribution in [3.8, 4) is 34.9 Å². The molecular weight excluding hydrogens is 1350 g/mol. The lowest BCUT2D eigenvalue weighted by Gasteiger charge is -2.09. The summed E-state index contributed by atoms with van der Waals surface area (Å²) in [4.78, 5) is 61.1. The first kappa shape index (κ1) is 72.7. The van der Waals surface area contributed by atoms with Crippen molar-refractivity contribution in [1.29, 1.82) is 10.5 Å². The number of hydrogen-bond acceptors (Lipinski definition) is 22. The molecule has 2 unspecified atom stereocenters. The molecule has 2 fully saturated rings. The van der Waals surface area contributed by atoms with Gasteiger partial charge in [-0.2, -0.15) is 30.9 Å². The zero-order valence-electron chi connectivity index (χ0n) is 55.1. The van der Waals surface area contributed by atoms with Crippen LogP contribution >= 0.6 is 15.9 Å². The van der Waals surface area contributed by atoms with Crippen molar-refractivity contribution in [3.05, 3.63) is 205 Å². The van der Waals surface area contributed by atoms with Crippen LogP contribution in [0.4, 0.5) is 27.1 Å². The molecule has 28 nitrogen and oxygen atoms in total. The van der Waals surface area contributed by atoms with Crippen LogP contribution in [0.5, 0.6) is 0 Å². The fourth-order valence-corrected chi connectivity index (χ4v) is 11.1. The Kier molecular flexibility index (Phi) is 24.4. The number of benzene rings is 5. The third-order valence-corrected chi connectivity index (χ3v) is 16.5. The predicted molar refractivity (Wildman–Crippen MR) is 371 cm³/mol. The Hall–Kier alpha value is -11.5. The van der Waals surface area contributed by atoms with E-state index in [9.17, 15) is 28.4 Å². The van der Waals surface area contributed by atoms with Gasteiger partial charge < -0.3 is 68.1 Å². The van der Waals surface area contributed by atoms with Gasteiger partial charge in [-0.15, -0.1) is 0 Å². The van der Waals surface area contributed by atoms with Gasteiger partial charge in [0.25, 0.3) is 11.8 Å². The van der Waals surface area contributed by atoms with Gasteiger partial charge in [-0.05, 0) is 158 Å². The van der Waals surface area contributed by atoms with Gasteiger partial charge in [-0.25, -0.2) is 37.5 Å². The number of aryl methyl sites for hydroxylation is 1. The van der Waals surface area contributed by atoms with Crippen LogP contribution in [0.3, 0.4) is 0 Å². The molecule has 13 N–H and O–H groups in total. The molecular formula is C70H73BrFN17O11. The zero-order chi connectivity index (χ0) is 71.7. The largest absolute Gasteiger partial charge is 0.461 e. The third kappa shape index (κ3) is 16.7. The van der Waals surface area contributed by atoms with E-state index in [0.717, 1.165) is 35.2 Å². The highest BCUT2D eigenvalue weighted by molar-refractivity contribution is 9.10. The SMILES string of the molecule is CCOC(=O)c1c(N)c(Br)nn1-c1ccc(C#N)cc1.CCOC(=O)c1c(N)c(C2=CCOC2)nn1-c1ccc(C#N)cc1.CCOC(=O)c1c(N)c(C2CCOC2)nn1-c1ccc(CN)cc1.Cc1ccc(F)cc1C(=O)NCc1ccc(-n2nc(C3CCOC3)c(N)c2C(N)=O)cc1. The van der Waals surface area contributed by atoms with Crippen LogP contribution in [-0.4, -0.2) is 128 Å². The smallest absolute Gasteiger partial charge is 0.359 e. The standard InChI is InChI=1S/C23H24FN5O3.C17H22N4O3.C17H16N4O3.C13H11BrN4O2/c1-13-2-5-16(24)10-18(13)23(31)27-11-14-3-6-17(7-4-14)29-21(22(26)30)19(25)20(28-29)15-8-9-32-12-15;2*1-2-24-17(22)16-14(19)15(12-7-8-23-10-12)20-21(16)13-5-3-11(9-18)4-6-13;1-2-20-13(19)11-10(16)12(14)17-18(11)9-5-3-8(7-15)4-6-9/h2-7,10,15H,8-9,11-12,25H2,1H3,(H2,26,30)(H,27,31);3-6,12H,2,7-10,18-19H2,1H3;3-7H,2,8,10,19H2,1H3;3-6H,2,16H2,1H3. The maximum atomic E-state index is 13.5. The van der Waals surface area contributed by atoms with Crippen molar-refractivity contribution in [1.82, 2.24) is 44.4 Å². The molecule has 4 aromatic heterocycles. The molecule has 3 aliphatic rings. The third-order valence-electron chi connectivity index (χ3n) is 16.0. The van der Waals surface area contributed by atoms with E-state index in [1.54, 1.807) is 111 Å². The van der Waals surface area contributed by atoms with Gasteiger partial charge in [-0.3, -0.25) is 9.59 Å². The molecule has 0 saturated carbocycles. The molecule has 0 aliphatic carbocycles. The van der Waals surface area contributed by atoms with Gasteiger partial charge in [0.2, 0.25) is 0 Å². The number of carbonyl (C=O) groups is 5. The van der Waals surface area contributed by atoms with Crippen molar-refractivity contribution in [2.24, 2.45) is 11.5 Å². The summed E-state index contributed by atoms with van der Waals surface area (Å²) < 4.78 is 51.1. The molecule has 9 aromatic rings. The minimum absolute atomic E-state index is 0.0233. The Morgan fingerprint density at radius 1 is 0.600 bits per heavy atom. The minimum atomic E-state index is -0.665. The number of primary amides is 1. The van der Waals surface area contributed by atoms with Crippen LogP contribution in [0, 0.1) is 35.4 Å². The number of nitrogens with two attached hydrogens (primary N) is 6. The number of rotatable bonds is 18. The van der Waals surface area contributed by atoms with Crippen LogP contribution in [0.1, 0.15) is 143 Å². The lowest BCUT2D eigenvalue weighted by molar-refractivity contribution is 0.0507. The summed E-state index contributed by atoms with van der Waals surface area (Å²) in [7, 11) is 0. The van der Waals surface area contributed by atoms with E-state index in [0.29, 0.717) is 113 Å². The second-order valence-corrected chi connectivity index (χ2v) is 23.2. The summed E-state index contributed by atoms with van der Waals surface area (Å²) >= 11 is 3.19. The summed E-state index contributed by atoms with van der Waals surface area (Å²) in [5.41, 5.74) is 46.6. The number of hydrogen-bond donors (Lipinski definition) is 7. The monoisotopic (exact) mass is 1430 g/mol. The number of nitriles is 2. The quantitative estimate of drug-likeness (QED) is 0.0314. The van der Waals surface area contributed by atoms with Crippen molar-refractivity contribution < 1.29 is 56.8 Å². The van der Waals surface area contributed by atoms with E-state index in [2.05, 4.69) is 47.7 Å². The average molecular weight is 1430 g/mol. The number of nitrogen functional groups attached to an aromatic ring is 4. The van der Waals surface area contributed by atoms with Crippen molar-refractivity contribution in [2.75, 3.05) is 82.4 Å². The number of nitrogens with zero attached hydrogens (tertiary/aromatic N) is 10. The Balaban J connectivity index is 0.000000158. The van der Waals surface area contributed by atoms with Gasteiger partial charge in [0, 0.05) is 49.3 Å². The molecule has 5 aromatic carbocycles. The van der Waals surface area contributed by atoms with Crippen LogP contribution in [0.2, 0.25) is 0 Å². The van der Waals surface area contributed by atoms with E-state index in [4.69, 9.17) is 73.3 Å². The molecule has 3 aliphatic heterocycles. The highest BCUT2D eigenvalue weighted by Gasteiger charge is 2.32. The van der Waals surface area contributed by atoms with E-state index >= 15 is 0 Å². The zero-order valence-corrected chi connectivity index (χ0v) is 56.7. The number of esters is 3. The van der Waals surface area contributed by atoms with Crippen molar-refractivity contribution >= 4 is 74.0 Å². The Morgan fingerprint density at radius 2 is 1.04 bits per heavy atom. The van der Waals surface area contributed by atoms with E-state index in [-0.39, 0.29) is 83.9 Å². The lowest BCUT2D eigenvalue weighted by Crippen LogP contribution is -2.23. The van der Waals surface area contributed by atoms with Gasteiger partial charge in [0.05, 0.1) is 121 Å². The molecule has 0 radical (unpaired) electrons. The summed E-state index contributed by atoms with van der Waals surface area (Å²) in [5.74, 6) is -2.93. The number of anilines is 4. The van der Waals surface area contributed by atoms with Crippen LogP contribution in [-0.2, 0) is 41.5 Å². The van der Waals surface area contributed by atoms with Gasteiger partial charge in [-0.1, -0.05) is 36.4 Å². The van der Waals surface area contributed by atoms with E-state index in [1.807, 2.05) is 36.4 Å². The van der Waals surface area contributed by atoms with Crippen LogP contribution < -0.4 is 39.7 Å². The number of carbonyl (C=O) groups excluding carboxylic acids is 5. The van der Waals surface area contributed by atoms with E-state index in [1.165, 1.54) is 26.2 Å². The second-order valence-electron chi connectivity index (χ2n) is 22.5. The topological polar surface area (TPSA) is 428 Å². The molecule has 100 heavy (non-hydrogen) atoms. The molecule has 7 heterocycles. The lowest BCUT2D eigenvalue weighted by atomic mass is 10.0. The molecule has 2 atom stereocenters. The maximum Gasteiger partial charge on any atom is 0.359 e. The molecule has 518 valence electrons. The molecule has 0 bridgehead atoms. The first-order chi connectivity index (χ1) is 48.2. The summed E-state index contributed by atoms with van der Waals surface area (Å²) in [6.45, 7) is 11.7. The molecule has 0 spiro atoms. The predicted octanol–water partition coefficient (Wildman–Crippen LogP) is 8.21. The summed E-state index contributed by atoms with van der Waals surface area (Å²) in [6, 6.07) is 36.2.